The molecule has 1 aromatic carbocycles. The molecule has 63 heavy (non-hydrogen) atoms. The average molecular weight is 896 g/mol. The van der Waals surface area contributed by atoms with Crippen molar-refractivity contribution in [2.75, 3.05) is 13.2 Å². The number of carbonyl (C=O) groups is 11. The van der Waals surface area contributed by atoms with Crippen LogP contribution in [0.5, 0.6) is 0 Å². The first kappa shape index (κ1) is 54.3. The molecule has 0 heterocycles. The molecule has 16 N–H and O–H groups in total. The molecule has 8 amide bonds. The molecular weight excluding hydrogens is 838 g/mol. The number of rotatable bonds is 29. The van der Waals surface area contributed by atoms with Gasteiger partial charge in [-0.25, -0.2) is 4.79 Å². The quantitative estimate of drug-likeness (QED) is 0.0357. The first-order chi connectivity index (χ1) is 29.4. The van der Waals surface area contributed by atoms with E-state index in [1.807, 2.05) is 0 Å². The van der Waals surface area contributed by atoms with Crippen molar-refractivity contribution in [2.45, 2.75) is 114 Å². The van der Waals surface area contributed by atoms with E-state index in [1.165, 1.54) is 0 Å². The second kappa shape index (κ2) is 27.3. The number of aliphatic hydroxyl groups is 2. The van der Waals surface area contributed by atoms with E-state index in [9.17, 15) is 68.1 Å². The largest absolute Gasteiger partial charge is 0.481 e. The maximum Gasteiger partial charge on any atom is 0.326 e. The molecule has 0 aliphatic carbocycles. The number of amides is 8. The first-order valence-electron chi connectivity index (χ1n) is 19.6. The molecule has 0 saturated heterocycles. The number of aliphatic hydroxyl groups excluding tert-OH is 2. The number of primary amides is 1. The van der Waals surface area contributed by atoms with Gasteiger partial charge in [0.05, 0.1) is 31.7 Å². The van der Waals surface area contributed by atoms with Gasteiger partial charge in [0.15, 0.2) is 0 Å². The van der Waals surface area contributed by atoms with E-state index >= 15 is 0 Å². The third-order valence-corrected chi connectivity index (χ3v) is 8.88. The molecule has 0 aliphatic rings. The van der Waals surface area contributed by atoms with Crippen molar-refractivity contribution < 1.29 is 78.3 Å². The first-order valence-corrected chi connectivity index (χ1v) is 19.6. The molecule has 25 nitrogen and oxygen atoms in total. The van der Waals surface area contributed by atoms with Crippen molar-refractivity contribution in [3.8, 4) is 0 Å². The Morgan fingerprint density at radius 1 is 0.619 bits per heavy atom. The molecule has 0 spiro atoms. The SMILES string of the molecule is CC(C)C[C@H](NC(=O)[C@@H](NC(=O)[C@H](CO)NC(=O)[C@H](CCC(=O)O)NC(=O)[C@@H](N)CC(=O)O)[C@@H](C)O)C(=O)N[C@@H](CCC(N)=O)C(=O)NCC(=O)N[C@@H](Cc1ccccc1)C(=O)O. The standard InChI is InChI=1S/C38H57N9O16/c1-18(2)13-24(35(59)44-22(9-11-27(40)50)33(57)41-16-28(51)42-25(38(62)63)14-20-7-5-4-6-8-20)45-37(61)31(19(3)49)47-36(60)26(17-48)46-34(58)23(10-12-29(52)53)43-32(56)21(39)15-30(54)55/h4-8,18-19,21-26,31,48-49H,9-17,39H2,1-3H3,(H2,40,50)(H,41,57)(H,42,51)(H,43,56)(H,44,59)(H,45,61)(H,46,58)(H,47,60)(H,52,53)(H,54,55)(H,62,63)/t19-,21+,22+,23+,24+,25+,26+,31+/m1/s1. The van der Waals surface area contributed by atoms with Crippen LogP contribution in [0.25, 0.3) is 0 Å². The van der Waals surface area contributed by atoms with Crippen molar-refractivity contribution in [3.05, 3.63) is 35.9 Å². The molecule has 1 aromatic rings. The molecule has 25 heteroatoms. The predicted molar refractivity (Wildman–Crippen MR) is 216 cm³/mol. The van der Waals surface area contributed by atoms with Crippen LogP contribution in [-0.2, 0) is 59.2 Å². The summed E-state index contributed by atoms with van der Waals surface area (Å²) in [5.74, 6) is -13.0. The van der Waals surface area contributed by atoms with Crippen LogP contribution in [0.2, 0.25) is 0 Å². The lowest BCUT2D eigenvalue weighted by atomic mass is 10.0. The smallest absolute Gasteiger partial charge is 0.326 e. The van der Waals surface area contributed by atoms with Gasteiger partial charge in [-0.05, 0) is 37.7 Å². The van der Waals surface area contributed by atoms with Crippen LogP contribution in [0.15, 0.2) is 30.3 Å². The molecule has 0 bridgehead atoms. The third-order valence-electron chi connectivity index (χ3n) is 8.88. The van der Waals surface area contributed by atoms with Crippen LogP contribution in [0.4, 0.5) is 0 Å². The second-order valence-electron chi connectivity index (χ2n) is 14.8. The highest BCUT2D eigenvalue weighted by Crippen LogP contribution is 2.09. The summed E-state index contributed by atoms with van der Waals surface area (Å²) in [5.41, 5.74) is 11.4. The third kappa shape index (κ3) is 21.1. The van der Waals surface area contributed by atoms with E-state index in [0.717, 1.165) is 6.92 Å². The number of hydrogen-bond donors (Lipinski definition) is 14. The van der Waals surface area contributed by atoms with Gasteiger partial charge in [0.25, 0.3) is 0 Å². The number of carbonyl (C=O) groups excluding carboxylic acids is 8. The Morgan fingerprint density at radius 2 is 1.14 bits per heavy atom. The normalized spacial score (nSPS) is 14.7. The molecule has 0 fully saturated rings. The molecule has 0 aliphatic heterocycles. The average Bonchev–Trinajstić information content (AvgIpc) is 3.19. The van der Waals surface area contributed by atoms with Crippen LogP contribution in [0.1, 0.15) is 64.9 Å². The zero-order valence-corrected chi connectivity index (χ0v) is 34.8. The second-order valence-corrected chi connectivity index (χ2v) is 14.8. The Kier molecular flexibility index (Phi) is 23.5. The predicted octanol–water partition coefficient (Wildman–Crippen LogP) is -5.31. The van der Waals surface area contributed by atoms with E-state index in [2.05, 4.69) is 37.2 Å². The minimum Gasteiger partial charge on any atom is -0.481 e. The number of carboxylic acids is 3. The monoisotopic (exact) mass is 895 g/mol. The van der Waals surface area contributed by atoms with Crippen molar-refractivity contribution in [2.24, 2.45) is 17.4 Å². The van der Waals surface area contributed by atoms with Gasteiger partial charge in [0.2, 0.25) is 47.3 Å². The maximum absolute atomic E-state index is 13.6. The Balaban J connectivity index is 3.15. The van der Waals surface area contributed by atoms with Crippen LogP contribution in [-0.4, -0.2) is 152 Å². The zero-order chi connectivity index (χ0) is 48.0. The number of carboxylic acid groups (broad SMARTS) is 3. The van der Waals surface area contributed by atoms with Gasteiger partial charge in [-0.3, -0.25) is 47.9 Å². The van der Waals surface area contributed by atoms with E-state index in [1.54, 1.807) is 44.2 Å². The fourth-order valence-corrected chi connectivity index (χ4v) is 5.60. The van der Waals surface area contributed by atoms with E-state index in [4.69, 9.17) is 21.7 Å². The fourth-order valence-electron chi connectivity index (χ4n) is 5.60. The number of benzene rings is 1. The Hall–Kier alpha value is -6.73. The summed E-state index contributed by atoms with van der Waals surface area (Å²) >= 11 is 0. The van der Waals surface area contributed by atoms with Crippen LogP contribution in [0, 0.1) is 5.92 Å². The zero-order valence-electron chi connectivity index (χ0n) is 34.8. The van der Waals surface area contributed by atoms with Crippen LogP contribution in [0.3, 0.4) is 0 Å². The molecule has 0 radical (unpaired) electrons. The molecule has 1 rings (SSSR count). The van der Waals surface area contributed by atoms with E-state index in [0.29, 0.717) is 5.56 Å². The lowest BCUT2D eigenvalue weighted by Gasteiger charge is -2.28. The molecule has 0 unspecified atom stereocenters. The summed E-state index contributed by atoms with van der Waals surface area (Å²) in [5, 5.41) is 63.6. The summed E-state index contributed by atoms with van der Waals surface area (Å²) in [6, 6.07) is -3.05. The van der Waals surface area contributed by atoms with Gasteiger partial charge in [-0.2, -0.15) is 0 Å². The molecule has 350 valence electrons. The minimum absolute atomic E-state index is 0.0689. The molecule has 0 saturated carbocycles. The summed E-state index contributed by atoms with van der Waals surface area (Å²) in [4.78, 5) is 137. The van der Waals surface area contributed by atoms with Crippen molar-refractivity contribution in [3.63, 3.8) is 0 Å². The number of nitrogens with one attached hydrogen (secondary N) is 7. The lowest BCUT2D eigenvalue weighted by Crippen LogP contribution is -2.62. The van der Waals surface area contributed by atoms with Crippen molar-refractivity contribution in [1.29, 1.82) is 0 Å². The number of aliphatic carboxylic acids is 3. The van der Waals surface area contributed by atoms with Gasteiger partial charge >= 0.3 is 17.9 Å². The Bertz CT molecular complexity index is 1800. The Morgan fingerprint density at radius 3 is 1.67 bits per heavy atom. The van der Waals surface area contributed by atoms with Crippen molar-refractivity contribution in [1.82, 2.24) is 37.2 Å². The highest BCUT2D eigenvalue weighted by atomic mass is 16.4. The van der Waals surface area contributed by atoms with E-state index < -0.39 is 152 Å². The highest BCUT2D eigenvalue weighted by molar-refractivity contribution is 5.98. The van der Waals surface area contributed by atoms with Crippen LogP contribution < -0.4 is 48.7 Å². The summed E-state index contributed by atoms with van der Waals surface area (Å²) in [7, 11) is 0. The van der Waals surface area contributed by atoms with Gasteiger partial charge in [-0.15, -0.1) is 0 Å². The maximum atomic E-state index is 13.6. The lowest BCUT2D eigenvalue weighted by molar-refractivity contribution is -0.142. The van der Waals surface area contributed by atoms with Crippen molar-refractivity contribution >= 4 is 65.2 Å². The Labute approximate surface area is 360 Å². The fraction of sp³-hybridized carbons (Fsp3) is 0.553. The molecule has 8 atom stereocenters. The summed E-state index contributed by atoms with van der Waals surface area (Å²) in [6.07, 6.45) is -4.75. The van der Waals surface area contributed by atoms with Gasteiger partial charge in [-0.1, -0.05) is 44.2 Å². The minimum atomic E-state index is -1.89. The molecular formula is C38H57N9O16. The topological polar surface area (TPSA) is 425 Å². The number of hydrogen-bond acceptors (Lipinski definition) is 14. The van der Waals surface area contributed by atoms with Gasteiger partial charge < -0.3 is 74.2 Å². The summed E-state index contributed by atoms with van der Waals surface area (Å²) < 4.78 is 0. The summed E-state index contributed by atoms with van der Waals surface area (Å²) in [6.45, 7) is 2.54. The van der Waals surface area contributed by atoms with Gasteiger partial charge in [0.1, 0.15) is 36.3 Å². The number of nitrogens with two attached hydrogens (primary N) is 2. The highest BCUT2D eigenvalue weighted by Gasteiger charge is 2.35. The van der Waals surface area contributed by atoms with Gasteiger partial charge in [0, 0.05) is 19.3 Å². The van der Waals surface area contributed by atoms with Crippen LogP contribution >= 0.6 is 0 Å². The molecule has 0 aromatic heterocycles. The van der Waals surface area contributed by atoms with E-state index in [-0.39, 0.29) is 25.2 Å².